The predicted octanol–water partition coefficient (Wildman–Crippen LogP) is -2.37. The molecule has 0 radical (unpaired) electrons. The normalized spacial score (nSPS) is 11.8. The summed E-state index contributed by atoms with van der Waals surface area (Å²) in [5.41, 5.74) is -2.12. The van der Waals surface area contributed by atoms with Gasteiger partial charge in [-0.15, -0.1) is 0 Å². The van der Waals surface area contributed by atoms with Crippen molar-refractivity contribution in [3.8, 4) is 0 Å². The van der Waals surface area contributed by atoms with Crippen LogP contribution in [0.2, 0.25) is 0 Å². The highest BCUT2D eigenvalue weighted by Gasteiger charge is 2.21. The van der Waals surface area contributed by atoms with Crippen molar-refractivity contribution in [2.75, 3.05) is 6.61 Å². The number of rotatable bonds is 5. The van der Waals surface area contributed by atoms with E-state index in [1.807, 2.05) is 4.98 Å². The van der Waals surface area contributed by atoms with Crippen molar-refractivity contribution >= 4 is 11.9 Å². The number of hydrogen-bond donors (Lipinski definition) is 5. The van der Waals surface area contributed by atoms with E-state index < -0.39 is 41.3 Å². The Kier molecular flexibility index (Phi) is 4.38. The van der Waals surface area contributed by atoms with Gasteiger partial charge in [-0.3, -0.25) is 14.6 Å². The third-order valence-electron chi connectivity index (χ3n) is 2.09. The molecule has 0 aromatic carbocycles. The average molecular weight is 257 g/mol. The van der Waals surface area contributed by atoms with Crippen LogP contribution in [0, 0.1) is 0 Å². The highest BCUT2D eigenvalue weighted by molar-refractivity contribution is 5.95. The lowest BCUT2D eigenvalue weighted by Gasteiger charge is -2.12. The van der Waals surface area contributed by atoms with Gasteiger partial charge in [-0.05, 0) is 0 Å². The van der Waals surface area contributed by atoms with Gasteiger partial charge in [0, 0.05) is 19.2 Å². The van der Waals surface area contributed by atoms with Crippen LogP contribution in [0.3, 0.4) is 0 Å². The summed E-state index contributed by atoms with van der Waals surface area (Å²) in [6.07, 6.45) is 0.691. The lowest BCUT2D eigenvalue weighted by atomic mass is 10.2. The molecular formula is C9H11N3O6. The summed E-state index contributed by atoms with van der Waals surface area (Å²) in [7, 11) is 0. The Bertz CT molecular complexity index is 560. The van der Waals surface area contributed by atoms with E-state index in [0.717, 1.165) is 6.20 Å². The number of carboxylic acids is 1. The fraction of sp³-hybridized carbons (Fsp3) is 0.333. The van der Waals surface area contributed by atoms with Gasteiger partial charge in [0.2, 0.25) is 0 Å². The Labute approximate surface area is 99.5 Å². The van der Waals surface area contributed by atoms with E-state index in [2.05, 4.69) is 10.3 Å². The predicted molar refractivity (Wildman–Crippen MR) is 58.3 cm³/mol. The van der Waals surface area contributed by atoms with E-state index >= 15 is 0 Å². The van der Waals surface area contributed by atoms with Gasteiger partial charge in [0.15, 0.2) is 0 Å². The second kappa shape index (κ2) is 5.77. The molecule has 1 amide bonds. The maximum Gasteiger partial charge on any atom is 0.326 e. The summed E-state index contributed by atoms with van der Waals surface area (Å²) in [4.78, 5) is 48.2. The maximum atomic E-state index is 11.6. The fourth-order valence-corrected chi connectivity index (χ4v) is 1.20. The number of aromatic amines is 2. The third kappa shape index (κ3) is 3.28. The van der Waals surface area contributed by atoms with Gasteiger partial charge < -0.3 is 20.5 Å². The van der Waals surface area contributed by atoms with E-state index in [-0.39, 0.29) is 6.42 Å². The summed E-state index contributed by atoms with van der Waals surface area (Å²) >= 11 is 0. The van der Waals surface area contributed by atoms with Crippen molar-refractivity contribution in [1.82, 2.24) is 15.3 Å². The molecule has 0 fully saturated rings. The van der Waals surface area contributed by atoms with Gasteiger partial charge >= 0.3 is 11.7 Å². The molecule has 1 heterocycles. The number of aliphatic hydroxyl groups excluding tert-OH is 1. The number of carboxylic acid groups (broad SMARTS) is 1. The summed E-state index contributed by atoms with van der Waals surface area (Å²) in [6, 6.07) is -1.31. The molecule has 0 saturated carbocycles. The smallest absolute Gasteiger partial charge is 0.326 e. The van der Waals surface area contributed by atoms with Crippen molar-refractivity contribution in [2.24, 2.45) is 0 Å². The van der Waals surface area contributed by atoms with E-state index in [1.165, 1.54) is 0 Å². The van der Waals surface area contributed by atoms with Crippen molar-refractivity contribution in [3.63, 3.8) is 0 Å². The van der Waals surface area contributed by atoms with Gasteiger partial charge in [0.05, 0.1) is 0 Å². The van der Waals surface area contributed by atoms with Crippen LogP contribution in [0.15, 0.2) is 15.8 Å². The van der Waals surface area contributed by atoms with Crippen LogP contribution in [0.4, 0.5) is 0 Å². The average Bonchev–Trinajstić information content (AvgIpc) is 2.27. The highest BCUT2D eigenvalue weighted by atomic mass is 16.4. The Hall–Kier alpha value is -2.42. The standard InChI is InChI=1S/C9H11N3O6/c13-2-1-5(8(16)17)11-6(14)4-3-10-9(18)12-7(4)15/h3,5,13H,1-2H2,(H,11,14)(H,16,17)(H2,10,12,15,18). The molecule has 1 aromatic rings. The molecule has 1 atom stereocenters. The molecule has 1 aromatic heterocycles. The lowest BCUT2D eigenvalue weighted by Crippen LogP contribution is -2.43. The largest absolute Gasteiger partial charge is 0.480 e. The number of hydrogen-bond acceptors (Lipinski definition) is 5. The minimum atomic E-state index is -1.33. The first kappa shape index (κ1) is 13.6. The van der Waals surface area contributed by atoms with Gasteiger partial charge in [0.25, 0.3) is 11.5 Å². The maximum absolute atomic E-state index is 11.6. The van der Waals surface area contributed by atoms with Crippen molar-refractivity contribution < 1.29 is 19.8 Å². The first-order valence-corrected chi connectivity index (χ1v) is 4.92. The van der Waals surface area contributed by atoms with Gasteiger partial charge in [0.1, 0.15) is 11.6 Å². The molecular weight excluding hydrogens is 246 g/mol. The summed E-state index contributed by atoms with van der Waals surface area (Å²) < 4.78 is 0. The topological polar surface area (TPSA) is 152 Å². The summed E-state index contributed by atoms with van der Waals surface area (Å²) in [6.45, 7) is -0.431. The Morgan fingerprint density at radius 1 is 1.39 bits per heavy atom. The first-order chi connectivity index (χ1) is 8.45. The third-order valence-corrected chi connectivity index (χ3v) is 2.09. The monoisotopic (exact) mass is 257 g/mol. The molecule has 1 unspecified atom stereocenters. The van der Waals surface area contributed by atoms with E-state index in [1.54, 1.807) is 0 Å². The van der Waals surface area contributed by atoms with Gasteiger partial charge in [-0.25, -0.2) is 9.59 Å². The number of aromatic nitrogens is 2. The zero-order chi connectivity index (χ0) is 13.7. The zero-order valence-corrected chi connectivity index (χ0v) is 9.10. The Morgan fingerprint density at radius 3 is 2.56 bits per heavy atom. The quantitative estimate of drug-likeness (QED) is 0.397. The van der Waals surface area contributed by atoms with Crippen molar-refractivity contribution in [1.29, 1.82) is 0 Å². The first-order valence-electron chi connectivity index (χ1n) is 4.92. The van der Waals surface area contributed by atoms with Crippen LogP contribution in [-0.4, -0.2) is 44.7 Å². The van der Waals surface area contributed by atoms with Gasteiger partial charge in [-0.2, -0.15) is 0 Å². The molecule has 0 aliphatic rings. The fourth-order valence-electron chi connectivity index (χ4n) is 1.20. The van der Waals surface area contributed by atoms with Crippen LogP contribution in [0.1, 0.15) is 16.8 Å². The molecule has 0 bridgehead atoms. The molecule has 0 spiro atoms. The summed E-state index contributed by atoms with van der Waals surface area (Å²) in [5.74, 6) is -2.29. The Balaban J connectivity index is 2.90. The molecule has 98 valence electrons. The van der Waals surface area contributed by atoms with Crippen LogP contribution in [-0.2, 0) is 4.79 Å². The van der Waals surface area contributed by atoms with E-state index in [9.17, 15) is 19.2 Å². The van der Waals surface area contributed by atoms with Gasteiger partial charge in [-0.1, -0.05) is 0 Å². The van der Waals surface area contributed by atoms with Crippen LogP contribution in [0.5, 0.6) is 0 Å². The van der Waals surface area contributed by atoms with E-state index in [0.29, 0.717) is 0 Å². The molecule has 9 nitrogen and oxygen atoms in total. The number of aliphatic carboxylic acids is 1. The molecule has 18 heavy (non-hydrogen) atoms. The Morgan fingerprint density at radius 2 is 2.06 bits per heavy atom. The molecule has 1 rings (SSSR count). The SMILES string of the molecule is O=C(NC(CCO)C(=O)O)c1c[nH]c(=O)[nH]c1=O. The number of nitrogens with one attached hydrogen (secondary N) is 3. The molecule has 9 heteroatoms. The lowest BCUT2D eigenvalue weighted by molar-refractivity contribution is -0.139. The molecule has 0 aliphatic carbocycles. The van der Waals surface area contributed by atoms with Crippen LogP contribution < -0.4 is 16.6 Å². The second-order valence-electron chi connectivity index (χ2n) is 3.36. The number of carbonyl (C=O) groups is 2. The number of amides is 1. The van der Waals surface area contributed by atoms with Crippen LogP contribution >= 0.6 is 0 Å². The number of carbonyl (C=O) groups excluding carboxylic acids is 1. The molecule has 0 saturated heterocycles. The van der Waals surface area contributed by atoms with Crippen molar-refractivity contribution in [2.45, 2.75) is 12.5 Å². The number of aliphatic hydroxyl groups is 1. The summed E-state index contributed by atoms with van der Waals surface area (Å²) in [5, 5.41) is 19.4. The van der Waals surface area contributed by atoms with Crippen LogP contribution in [0.25, 0.3) is 0 Å². The highest BCUT2D eigenvalue weighted by Crippen LogP contribution is 1.94. The van der Waals surface area contributed by atoms with Crippen molar-refractivity contribution in [3.05, 3.63) is 32.6 Å². The second-order valence-corrected chi connectivity index (χ2v) is 3.36. The zero-order valence-electron chi connectivity index (χ0n) is 9.10. The van der Waals surface area contributed by atoms with E-state index in [4.69, 9.17) is 10.2 Å². The minimum absolute atomic E-state index is 0.192. The minimum Gasteiger partial charge on any atom is -0.480 e. The molecule has 0 aliphatic heterocycles. The molecule has 5 N–H and O–H groups in total. The number of H-pyrrole nitrogens is 2.